The third kappa shape index (κ3) is 7.87. The van der Waals surface area contributed by atoms with Gasteiger partial charge in [0.25, 0.3) is 0 Å². The number of hydrogen-bond donors (Lipinski definition) is 2. The summed E-state index contributed by atoms with van der Waals surface area (Å²) in [6.07, 6.45) is 1.22. The third-order valence-corrected chi connectivity index (χ3v) is 4.56. The second-order valence-corrected chi connectivity index (χ2v) is 7.33. The van der Waals surface area contributed by atoms with Gasteiger partial charge >= 0.3 is 6.18 Å². The Morgan fingerprint density at radius 1 is 1.37 bits per heavy atom. The van der Waals surface area contributed by atoms with Gasteiger partial charge in [0.1, 0.15) is 12.4 Å². The van der Waals surface area contributed by atoms with Gasteiger partial charge in [-0.25, -0.2) is 9.98 Å². The van der Waals surface area contributed by atoms with Crippen LogP contribution in [0.4, 0.5) is 13.2 Å². The number of hydrogen-bond acceptors (Lipinski definition) is 2. The normalized spacial score (nSPS) is 21.1. The van der Waals surface area contributed by atoms with Gasteiger partial charge in [0.15, 0.2) is 5.96 Å². The van der Waals surface area contributed by atoms with Crippen molar-refractivity contribution >= 4 is 29.9 Å². The number of aliphatic imine (C=N–C) groups is 1. The minimum absolute atomic E-state index is 0. The molecule has 27 heavy (non-hydrogen) atoms. The van der Waals surface area contributed by atoms with Crippen LogP contribution in [0.5, 0.6) is 0 Å². The quantitative estimate of drug-likeness (QED) is 0.347. The van der Waals surface area contributed by atoms with Crippen molar-refractivity contribution in [2.75, 3.05) is 6.54 Å². The largest absolute Gasteiger partial charge is 0.391 e. The molecule has 2 N–H and O–H groups in total. The van der Waals surface area contributed by atoms with Gasteiger partial charge in [0.2, 0.25) is 0 Å². The molecule has 1 aliphatic rings. The van der Waals surface area contributed by atoms with Crippen LogP contribution in [0, 0.1) is 11.8 Å². The maximum Gasteiger partial charge on any atom is 0.391 e. The lowest BCUT2D eigenvalue weighted by Gasteiger charge is -2.31. The molecule has 0 radical (unpaired) electrons. The number of nitrogens with one attached hydrogen (secondary N) is 2. The van der Waals surface area contributed by atoms with Gasteiger partial charge in [-0.05, 0) is 32.1 Å². The number of alkyl halides is 3. The van der Waals surface area contributed by atoms with E-state index >= 15 is 0 Å². The zero-order valence-electron chi connectivity index (χ0n) is 16.2. The zero-order valence-corrected chi connectivity index (χ0v) is 18.6. The number of nitrogens with zero attached hydrogens (tertiary/aromatic N) is 3. The molecule has 1 fully saturated rings. The van der Waals surface area contributed by atoms with E-state index in [1.54, 1.807) is 6.20 Å². The van der Waals surface area contributed by atoms with Gasteiger partial charge in [0, 0.05) is 31.5 Å². The molecule has 9 heteroatoms. The maximum absolute atomic E-state index is 13.0. The fraction of sp³-hybridized carbons (Fsp3) is 0.778. The lowest BCUT2D eigenvalue weighted by molar-refractivity contribution is -0.183. The van der Waals surface area contributed by atoms with Crippen molar-refractivity contribution in [2.24, 2.45) is 16.8 Å². The third-order valence-electron chi connectivity index (χ3n) is 4.56. The first-order valence-electron chi connectivity index (χ1n) is 9.41. The number of guanidine groups is 1. The van der Waals surface area contributed by atoms with Crippen LogP contribution in [0.2, 0.25) is 0 Å². The molecule has 2 rings (SSSR count). The maximum atomic E-state index is 13.0. The van der Waals surface area contributed by atoms with Crippen LogP contribution >= 0.6 is 24.0 Å². The minimum atomic E-state index is -4.11. The van der Waals surface area contributed by atoms with Gasteiger partial charge in [-0.2, -0.15) is 13.2 Å². The van der Waals surface area contributed by atoms with E-state index in [0.717, 1.165) is 18.8 Å². The molecule has 1 aromatic heterocycles. The van der Waals surface area contributed by atoms with Crippen molar-refractivity contribution in [3.05, 3.63) is 18.2 Å². The smallest absolute Gasteiger partial charge is 0.357 e. The Morgan fingerprint density at radius 2 is 2.11 bits per heavy atom. The fourth-order valence-corrected chi connectivity index (χ4v) is 3.33. The predicted molar refractivity (Wildman–Crippen MR) is 112 cm³/mol. The minimum Gasteiger partial charge on any atom is -0.357 e. The van der Waals surface area contributed by atoms with Crippen molar-refractivity contribution in [2.45, 2.75) is 71.8 Å². The standard InChI is InChI=1S/C18H30F3N5.HI/c1-4-22-17(24-11-16-23-8-9-26(16)12-13(2)3)25-15-7-5-6-14(10-15)18(19,20)21;/h8-9,13-15H,4-7,10-12H2,1-3H3,(H2,22,24,25);1H. The molecule has 1 aromatic rings. The predicted octanol–water partition coefficient (Wildman–Crippen LogP) is 4.33. The molecule has 2 atom stereocenters. The summed E-state index contributed by atoms with van der Waals surface area (Å²) in [7, 11) is 0. The van der Waals surface area contributed by atoms with Gasteiger partial charge in [0.05, 0.1) is 5.92 Å². The van der Waals surface area contributed by atoms with E-state index in [-0.39, 0.29) is 42.9 Å². The topological polar surface area (TPSA) is 54.2 Å². The highest BCUT2D eigenvalue weighted by Gasteiger charge is 2.42. The lowest BCUT2D eigenvalue weighted by Crippen LogP contribution is -2.46. The van der Waals surface area contributed by atoms with Gasteiger partial charge in [-0.3, -0.25) is 0 Å². The van der Waals surface area contributed by atoms with E-state index in [9.17, 15) is 13.2 Å². The van der Waals surface area contributed by atoms with Crippen molar-refractivity contribution in [1.29, 1.82) is 0 Å². The molecule has 0 amide bonds. The molecule has 2 unspecified atom stereocenters. The average Bonchev–Trinajstić information content (AvgIpc) is 2.98. The first-order valence-corrected chi connectivity index (χ1v) is 9.41. The molecule has 0 saturated heterocycles. The van der Waals surface area contributed by atoms with Gasteiger partial charge in [-0.1, -0.05) is 20.3 Å². The fourth-order valence-electron chi connectivity index (χ4n) is 3.33. The Bertz CT molecular complexity index is 586. The first kappa shape index (κ1) is 24.0. The average molecular weight is 501 g/mol. The highest BCUT2D eigenvalue weighted by molar-refractivity contribution is 14.0. The molecular formula is C18H31F3IN5. The summed E-state index contributed by atoms with van der Waals surface area (Å²) in [6, 6.07) is -0.205. The second kappa shape index (κ2) is 11.1. The Kier molecular flexibility index (Phi) is 9.89. The van der Waals surface area contributed by atoms with Gasteiger partial charge in [-0.15, -0.1) is 24.0 Å². The van der Waals surface area contributed by atoms with Crippen molar-refractivity contribution < 1.29 is 13.2 Å². The Labute approximate surface area is 176 Å². The summed E-state index contributed by atoms with van der Waals surface area (Å²) in [4.78, 5) is 8.88. The number of imidazole rings is 1. The number of halogens is 4. The molecule has 5 nitrogen and oxygen atoms in total. The molecule has 1 saturated carbocycles. The van der Waals surface area contributed by atoms with Crippen molar-refractivity contribution in [3.63, 3.8) is 0 Å². The molecule has 0 bridgehead atoms. The Hall–Kier alpha value is -1.00. The van der Waals surface area contributed by atoms with E-state index in [1.165, 1.54) is 0 Å². The molecular weight excluding hydrogens is 470 g/mol. The van der Waals surface area contributed by atoms with E-state index in [1.807, 2.05) is 13.1 Å². The summed E-state index contributed by atoms with van der Waals surface area (Å²) < 4.78 is 41.1. The molecule has 0 aromatic carbocycles. The Morgan fingerprint density at radius 3 is 2.74 bits per heavy atom. The molecule has 1 heterocycles. The van der Waals surface area contributed by atoms with E-state index in [4.69, 9.17) is 0 Å². The van der Waals surface area contributed by atoms with Crippen molar-refractivity contribution in [1.82, 2.24) is 20.2 Å². The van der Waals surface area contributed by atoms with E-state index in [2.05, 4.69) is 39.0 Å². The monoisotopic (exact) mass is 501 g/mol. The molecule has 156 valence electrons. The van der Waals surface area contributed by atoms with Crippen LogP contribution in [-0.4, -0.2) is 34.3 Å². The number of rotatable bonds is 6. The lowest BCUT2D eigenvalue weighted by atomic mass is 9.85. The molecule has 0 aliphatic heterocycles. The van der Waals surface area contributed by atoms with Crippen molar-refractivity contribution in [3.8, 4) is 0 Å². The summed E-state index contributed by atoms with van der Waals surface area (Å²) in [5.74, 6) is 0.688. The Balaban J connectivity index is 0.00000364. The van der Waals surface area contributed by atoms with E-state index in [0.29, 0.717) is 31.4 Å². The summed E-state index contributed by atoms with van der Waals surface area (Å²) in [5, 5.41) is 6.31. The molecule has 1 aliphatic carbocycles. The highest BCUT2D eigenvalue weighted by atomic mass is 127. The number of aromatic nitrogens is 2. The summed E-state index contributed by atoms with van der Waals surface area (Å²) in [5.41, 5.74) is 0. The van der Waals surface area contributed by atoms with Crippen LogP contribution < -0.4 is 10.6 Å². The summed E-state index contributed by atoms with van der Waals surface area (Å²) >= 11 is 0. The van der Waals surface area contributed by atoms with Crippen LogP contribution in [-0.2, 0) is 13.1 Å². The van der Waals surface area contributed by atoms with E-state index < -0.39 is 12.1 Å². The first-order chi connectivity index (χ1) is 12.3. The van der Waals surface area contributed by atoms with Gasteiger partial charge < -0.3 is 15.2 Å². The summed E-state index contributed by atoms with van der Waals surface area (Å²) in [6.45, 7) is 8.13. The van der Waals surface area contributed by atoms with Crippen LogP contribution in [0.15, 0.2) is 17.4 Å². The zero-order chi connectivity index (χ0) is 19.2. The second-order valence-electron chi connectivity index (χ2n) is 7.33. The highest BCUT2D eigenvalue weighted by Crippen LogP contribution is 2.37. The van der Waals surface area contributed by atoms with Crippen LogP contribution in [0.1, 0.15) is 52.3 Å². The van der Waals surface area contributed by atoms with Crippen LogP contribution in [0.3, 0.4) is 0 Å². The SMILES string of the molecule is CCNC(=NCc1nccn1CC(C)C)NC1CCCC(C(F)(F)F)C1.I. The molecule has 0 spiro atoms. The van der Waals surface area contributed by atoms with Crippen LogP contribution in [0.25, 0.3) is 0 Å².